The third-order valence-electron chi connectivity index (χ3n) is 0. The van der Waals surface area contributed by atoms with Gasteiger partial charge >= 0.3 is 17.1 Å². The van der Waals surface area contributed by atoms with Crippen LogP contribution in [0.1, 0.15) is 0 Å². The molecule has 4 N–H and O–H groups in total. The molecule has 0 radical (unpaired) electrons. The van der Waals surface area contributed by atoms with Crippen molar-refractivity contribution in [1.82, 2.24) is 0 Å². The number of hydrogen-bond donors (Lipinski definition) is 4. The zero-order valence-corrected chi connectivity index (χ0v) is 10.1. The van der Waals surface area contributed by atoms with Gasteiger partial charge in [-0.2, -0.15) is 8.42 Å². The molecule has 0 saturated heterocycles. The first-order valence-corrected chi connectivity index (χ1v) is 6.19. The summed E-state index contributed by atoms with van der Waals surface area (Å²) < 4.78 is 47.9. The average molecular weight is 309 g/mol. The predicted molar refractivity (Wildman–Crippen MR) is 50.1 cm³/mol. The summed E-state index contributed by atoms with van der Waals surface area (Å²) in [5.74, 6) is 0. The summed E-state index contributed by atoms with van der Waals surface area (Å²) in [7, 11) is -7.67. The zero-order chi connectivity index (χ0) is 9.00. The number of hydrogen-bond acceptors (Lipinski definition) is 4. The van der Waals surface area contributed by atoms with E-state index in [1.54, 1.807) is 0 Å². The molecule has 0 amide bonds. The van der Waals surface area contributed by atoms with Crippen molar-refractivity contribution >= 4 is 57.6 Å². The fourth-order valence-corrected chi connectivity index (χ4v) is 0. The van der Waals surface area contributed by atoms with Gasteiger partial charge in [-0.05, 0) is 0 Å². The Bertz CT molecular complexity index is 211. The molecule has 0 bridgehead atoms. The molecule has 0 aliphatic heterocycles. The van der Waals surface area contributed by atoms with E-state index in [4.69, 9.17) is 26.6 Å². The van der Waals surface area contributed by atoms with Crippen molar-refractivity contribution in [3.05, 3.63) is 0 Å². The Morgan fingerprint density at radius 1 is 0.818 bits per heavy atom. The first kappa shape index (κ1) is 18.0. The van der Waals surface area contributed by atoms with E-state index >= 15 is 0 Å². The third kappa shape index (κ3) is 760. The van der Waals surface area contributed by atoms with Crippen molar-refractivity contribution < 1.29 is 26.6 Å². The summed E-state index contributed by atoms with van der Waals surface area (Å²) >= 11 is 6.93. The van der Waals surface area contributed by atoms with E-state index in [-0.39, 0.29) is 17.1 Å². The van der Waals surface area contributed by atoms with Gasteiger partial charge < -0.3 is 0 Å². The van der Waals surface area contributed by atoms with E-state index in [1.807, 2.05) is 0 Å². The van der Waals surface area contributed by atoms with Crippen LogP contribution in [-0.4, -0.2) is 43.7 Å². The Labute approximate surface area is 83.9 Å². The van der Waals surface area contributed by atoms with Gasteiger partial charge in [0.1, 0.15) is 0 Å². The molecule has 11 heavy (non-hydrogen) atoms. The summed E-state index contributed by atoms with van der Waals surface area (Å²) in [6.07, 6.45) is 0. The van der Waals surface area contributed by atoms with Crippen LogP contribution in [0.15, 0.2) is 0 Å². The first-order chi connectivity index (χ1) is 4.00. The van der Waals surface area contributed by atoms with E-state index in [0.717, 1.165) is 0 Å². The molecule has 0 aliphatic carbocycles. The third-order valence-corrected chi connectivity index (χ3v) is 0. The van der Waals surface area contributed by atoms with Crippen LogP contribution in [0, 0.1) is 0 Å². The van der Waals surface area contributed by atoms with Crippen molar-refractivity contribution in [2.75, 3.05) is 0 Å². The van der Waals surface area contributed by atoms with E-state index in [0.29, 0.717) is 0 Å². The quantitative estimate of drug-likeness (QED) is 0.397. The Hall–Kier alpha value is 1.10. The molecular formula is H6O6S4Se. The molecule has 0 rings (SSSR count). The molecule has 0 saturated carbocycles. The maximum absolute atomic E-state index is 9.11. The van der Waals surface area contributed by atoms with Crippen molar-refractivity contribution in [2.24, 2.45) is 0 Å². The van der Waals surface area contributed by atoms with Crippen LogP contribution in [-0.2, 0) is 40.5 Å². The van der Waals surface area contributed by atoms with Crippen molar-refractivity contribution in [3.63, 3.8) is 0 Å². The van der Waals surface area contributed by atoms with Crippen LogP contribution in [0.3, 0.4) is 0 Å². The Kier molecular flexibility index (Phi) is 10.8. The van der Waals surface area contributed by atoms with Gasteiger partial charge in [0.15, 0.2) is 0 Å². The normalized spacial score (nSPS) is 10.5. The maximum atomic E-state index is 9.11. The topological polar surface area (TPSA) is 115 Å². The molecule has 72 valence electrons. The molecule has 0 atom stereocenters. The SMILES string of the molecule is O=S(O)(O)=S.O=S(O)(O)=S.[SeH2]. The summed E-state index contributed by atoms with van der Waals surface area (Å²) in [5.41, 5.74) is 0. The van der Waals surface area contributed by atoms with Crippen LogP contribution >= 0.6 is 0 Å². The van der Waals surface area contributed by atoms with Crippen molar-refractivity contribution in [2.45, 2.75) is 0 Å². The van der Waals surface area contributed by atoms with E-state index in [9.17, 15) is 0 Å². The van der Waals surface area contributed by atoms with Gasteiger partial charge in [0, 0.05) is 22.4 Å². The molecule has 0 aromatic heterocycles. The standard InChI is InChI=1S/2H2O3S2.H2Se/c2*1-5(2,3)4;/h2*(H2,1,2,3,4);1H2. The minimum atomic E-state index is -3.83. The molecular weight excluding hydrogens is 303 g/mol. The van der Waals surface area contributed by atoms with E-state index < -0.39 is 18.1 Å². The summed E-state index contributed by atoms with van der Waals surface area (Å²) in [4.78, 5) is 0. The molecule has 0 unspecified atom stereocenters. The fourth-order valence-electron chi connectivity index (χ4n) is 0. The summed E-state index contributed by atoms with van der Waals surface area (Å²) in [6.45, 7) is 0. The second-order valence-electron chi connectivity index (χ2n) is 0.896. The Morgan fingerprint density at radius 3 is 0.818 bits per heavy atom. The summed E-state index contributed by atoms with van der Waals surface area (Å²) in [6, 6.07) is 0. The fraction of sp³-hybridized carbons (Fsp3) is 0. The Balaban J connectivity index is -0.000000107. The first-order valence-electron chi connectivity index (χ1n) is 1.40. The van der Waals surface area contributed by atoms with Gasteiger partial charge in [0.2, 0.25) is 0 Å². The monoisotopic (exact) mass is 310 g/mol. The van der Waals surface area contributed by atoms with Gasteiger partial charge in [0.25, 0.3) is 18.1 Å². The van der Waals surface area contributed by atoms with Gasteiger partial charge in [-0.1, -0.05) is 0 Å². The van der Waals surface area contributed by atoms with Crippen LogP contribution in [0.2, 0.25) is 0 Å². The molecule has 0 spiro atoms. The minimum absolute atomic E-state index is 0. The van der Waals surface area contributed by atoms with Crippen LogP contribution in [0.5, 0.6) is 0 Å². The second-order valence-corrected chi connectivity index (χ2v) is 5.29. The molecule has 0 aliphatic rings. The molecule has 0 fully saturated rings. The molecule has 0 aromatic rings. The van der Waals surface area contributed by atoms with Crippen LogP contribution in [0.25, 0.3) is 0 Å². The van der Waals surface area contributed by atoms with Gasteiger partial charge in [0.05, 0.1) is 0 Å². The molecule has 6 nitrogen and oxygen atoms in total. The van der Waals surface area contributed by atoms with E-state index in [2.05, 4.69) is 22.4 Å². The van der Waals surface area contributed by atoms with Gasteiger partial charge in [-0.25, -0.2) is 0 Å². The van der Waals surface area contributed by atoms with Crippen LogP contribution in [0.4, 0.5) is 0 Å². The predicted octanol–water partition coefficient (Wildman–Crippen LogP) is -1.56. The Morgan fingerprint density at radius 2 is 0.818 bits per heavy atom. The summed E-state index contributed by atoms with van der Waals surface area (Å²) in [5, 5.41) is 0. The molecule has 11 heteroatoms. The van der Waals surface area contributed by atoms with Gasteiger partial charge in [-0.15, -0.1) is 0 Å². The van der Waals surface area contributed by atoms with Gasteiger partial charge in [-0.3, -0.25) is 18.2 Å². The van der Waals surface area contributed by atoms with Crippen molar-refractivity contribution in [1.29, 1.82) is 0 Å². The molecule has 0 aromatic carbocycles. The van der Waals surface area contributed by atoms with E-state index in [1.165, 1.54) is 0 Å². The van der Waals surface area contributed by atoms with Crippen molar-refractivity contribution in [3.8, 4) is 0 Å². The number of rotatable bonds is 0. The molecule has 0 heterocycles. The average Bonchev–Trinajstić information content (AvgIpc) is 1.12. The van der Waals surface area contributed by atoms with Crippen LogP contribution < -0.4 is 0 Å². The zero-order valence-electron chi connectivity index (χ0n) is 4.74. The second kappa shape index (κ2) is 6.60.